The zero-order valence-corrected chi connectivity index (χ0v) is 13.3. The predicted octanol–water partition coefficient (Wildman–Crippen LogP) is 4.02. The number of hydrogen-bond donors (Lipinski definition) is 1. The molecule has 0 radical (unpaired) electrons. The summed E-state index contributed by atoms with van der Waals surface area (Å²) in [5, 5.41) is 0. The Hall–Kier alpha value is -0.800. The van der Waals surface area contributed by atoms with Crippen LogP contribution in [0.15, 0.2) is 10.5 Å². The van der Waals surface area contributed by atoms with Crippen LogP contribution in [0.1, 0.15) is 57.1 Å². The molecule has 1 aliphatic rings. The lowest BCUT2D eigenvalue weighted by molar-refractivity contribution is -0.0475. The number of hydrogen-bond acceptors (Lipinski definition) is 3. The average molecular weight is 279 g/mol. The molecule has 3 atom stereocenters. The number of nitrogens with two attached hydrogens (primary N) is 1. The van der Waals surface area contributed by atoms with Crippen LogP contribution in [-0.4, -0.2) is 6.10 Å². The molecule has 1 fully saturated rings. The van der Waals surface area contributed by atoms with Gasteiger partial charge in [-0.1, -0.05) is 27.2 Å². The monoisotopic (exact) mass is 279 g/mol. The van der Waals surface area contributed by atoms with Gasteiger partial charge in [0.2, 0.25) is 0 Å². The standard InChI is InChI=1S/C17H29NO2/c1-11(2)16-6-5-12(3)7-17(16)19-10-14-8-15(9-18)20-13(14)4/h8,11-12,16-17H,5-7,9-10,18H2,1-4H3. The lowest BCUT2D eigenvalue weighted by Crippen LogP contribution is -2.34. The minimum Gasteiger partial charge on any atom is -0.465 e. The molecule has 3 heteroatoms. The quantitative estimate of drug-likeness (QED) is 0.885. The number of rotatable bonds is 5. The molecule has 2 N–H and O–H groups in total. The van der Waals surface area contributed by atoms with E-state index in [1.807, 2.05) is 13.0 Å². The molecule has 114 valence electrons. The summed E-state index contributed by atoms with van der Waals surface area (Å²) in [4.78, 5) is 0. The summed E-state index contributed by atoms with van der Waals surface area (Å²) < 4.78 is 11.8. The van der Waals surface area contributed by atoms with Gasteiger partial charge >= 0.3 is 0 Å². The second-order valence-corrected chi connectivity index (χ2v) is 6.67. The van der Waals surface area contributed by atoms with E-state index in [9.17, 15) is 0 Å². The third-order valence-corrected chi connectivity index (χ3v) is 4.69. The summed E-state index contributed by atoms with van der Waals surface area (Å²) in [5.74, 6) is 3.94. The summed E-state index contributed by atoms with van der Waals surface area (Å²) >= 11 is 0. The molecule has 3 unspecified atom stereocenters. The van der Waals surface area contributed by atoms with E-state index < -0.39 is 0 Å². The molecule has 20 heavy (non-hydrogen) atoms. The Morgan fingerprint density at radius 2 is 2.15 bits per heavy atom. The first-order valence-corrected chi connectivity index (χ1v) is 7.91. The van der Waals surface area contributed by atoms with Crippen LogP contribution in [0.2, 0.25) is 0 Å². The highest BCUT2D eigenvalue weighted by molar-refractivity contribution is 5.19. The van der Waals surface area contributed by atoms with Gasteiger partial charge in [0.05, 0.1) is 19.3 Å². The van der Waals surface area contributed by atoms with Crippen LogP contribution in [0.3, 0.4) is 0 Å². The minimum absolute atomic E-state index is 0.384. The Morgan fingerprint density at radius 3 is 2.75 bits per heavy atom. The topological polar surface area (TPSA) is 48.4 Å². The van der Waals surface area contributed by atoms with Crippen LogP contribution < -0.4 is 5.73 Å². The first-order chi connectivity index (χ1) is 9.51. The molecule has 0 saturated heterocycles. The zero-order chi connectivity index (χ0) is 14.7. The van der Waals surface area contributed by atoms with Gasteiger partial charge in [0.25, 0.3) is 0 Å². The van der Waals surface area contributed by atoms with E-state index in [-0.39, 0.29) is 0 Å². The molecule has 0 aromatic carbocycles. The zero-order valence-electron chi connectivity index (χ0n) is 13.3. The summed E-state index contributed by atoms with van der Waals surface area (Å²) in [7, 11) is 0. The van der Waals surface area contributed by atoms with E-state index in [2.05, 4.69) is 20.8 Å². The first-order valence-electron chi connectivity index (χ1n) is 7.91. The molecule has 1 aromatic heterocycles. The molecule has 0 aliphatic heterocycles. The number of aryl methyl sites for hydroxylation is 1. The lowest BCUT2D eigenvalue weighted by atomic mass is 9.75. The van der Waals surface area contributed by atoms with Crippen molar-refractivity contribution in [3.8, 4) is 0 Å². The molecule has 1 heterocycles. The minimum atomic E-state index is 0.384. The van der Waals surface area contributed by atoms with Gasteiger partial charge in [-0.2, -0.15) is 0 Å². The van der Waals surface area contributed by atoms with Gasteiger partial charge in [-0.3, -0.25) is 0 Å². The Bertz CT molecular complexity index is 425. The van der Waals surface area contributed by atoms with Crippen molar-refractivity contribution in [3.05, 3.63) is 23.2 Å². The van der Waals surface area contributed by atoms with Crippen LogP contribution in [0.5, 0.6) is 0 Å². The van der Waals surface area contributed by atoms with Crippen molar-refractivity contribution in [1.29, 1.82) is 0 Å². The fourth-order valence-corrected chi connectivity index (χ4v) is 3.33. The fraction of sp³-hybridized carbons (Fsp3) is 0.765. The molecule has 0 spiro atoms. The van der Waals surface area contributed by atoms with Crippen LogP contribution in [0, 0.1) is 24.7 Å². The third kappa shape index (κ3) is 3.64. The Kier molecular flexibility index (Phi) is 5.28. The Labute approximate surface area is 122 Å². The SMILES string of the molecule is Cc1oc(CN)cc1COC1CC(C)CCC1C(C)C. The van der Waals surface area contributed by atoms with Crippen molar-refractivity contribution >= 4 is 0 Å². The summed E-state index contributed by atoms with van der Waals surface area (Å²) in [6, 6.07) is 2.03. The van der Waals surface area contributed by atoms with Crippen LogP contribution in [0.4, 0.5) is 0 Å². The van der Waals surface area contributed by atoms with Crippen molar-refractivity contribution in [2.75, 3.05) is 0 Å². The van der Waals surface area contributed by atoms with E-state index in [0.717, 1.165) is 23.0 Å². The molecule has 0 bridgehead atoms. The molecule has 1 aliphatic carbocycles. The summed E-state index contributed by atoms with van der Waals surface area (Å²) in [6.45, 7) is 10.1. The molecular weight excluding hydrogens is 250 g/mol. The number of ether oxygens (including phenoxy) is 1. The maximum absolute atomic E-state index is 6.25. The lowest BCUT2D eigenvalue weighted by Gasteiger charge is -2.37. The maximum Gasteiger partial charge on any atom is 0.118 e. The molecule has 3 nitrogen and oxygen atoms in total. The van der Waals surface area contributed by atoms with E-state index in [4.69, 9.17) is 14.9 Å². The highest BCUT2D eigenvalue weighted by Crippen LogP contribution is 2.35. The van der Waals surface area contributed by atoms with E-state index >= 15 is 0 Å². The van der Waals surface area contributed by atoms with Crippen LogP contribution in [0.25, 0.3) is 0 Å². The van der Waals surface area contributed by atoms with Crippen molar-refractivity contribution in [2.45, 2.75) is 66.2 Å². The largest absolute Gasteiger partial charge is 0.465 e. The molecular formula is C17H29NO2. The predicted molar refractivity (Wildman–Crippen MR) is 81.3 cm³/mol. The van der Waals surface area contributed by atoms with Crippen molar-refractivity contribution < 1.29 is 9.15 Å². The Balaban J connectivity index is 1.97. The van der Waals surface area contributed by atoms with E-state index in [1.165, 1.54) is 19.3 Å². The van der Waals surface area contributed by atoms with Crippen molar-refractivity contribution in [1.82, 2.24) is 0 Å². The molecule has 1 aromatic rings. The van der Waals surface area contributed by atoms with E-state index in [0.29, 0.717) is 31.1 Å². The highest BCUT2D eigenvalue weighted by atomic mass is 16.5. The highest BCUT2D eigenvalue weighted by Gasteiger charge is 2.31. The summed E-state index contributed by atoms with van der Waals surface area (Å²) in [5.41, 5.74) is 6.76. The van der Waals surface area contributed by atoms with Gasteiger partial charge in [0.15, 0.2) is 0 Å². The maximum atomic E-state index is 6.25. The van der Waals surface area contributed by atoms with Gasteiger partial charge in [-0.25, -0.2) is 0 Å². The van der Waals surface area contributed by atoms with Crippen molar-refractivity contribution in [3.63, 3.8) is 0 Å². The van der Waals surface area contributed by atoms with Gasteiger partial charge in [-0.05, 0) is 43.6 Å². The second-order valence-electron chi connectivity index (χ2n) is 6.67. The Morgan fingerprint density at radius 1 is 1.40 bits per heavy atom. The smallest absolute Gasteiger partial charge is 0.118 e. The molecule has 2 rings (SSSR count). The van der Waals surface area contributed by atoms with Gasteiger partial charge in [-0.15, -0.1) is 0 Å². The van der Waals surface area contributed by atoms with Gasteiger partial charge < -0.3 is 14.9 Å². The normalized spacial score (nSPS) is 27.2. The molecule has 1 saturated carbocycles. The first kappa shape index (κ1) is 15.6. The fourth-order valence-electron chi connectivity index (χ4n) is 3.33. The number of furan rings is 1. The van der Waals surface area contributed by atoms with Gasteiger partial charge in [0.1, 0.15) is 11.5 Å². The third-order valence-electron chi connectivity index (χ3n) is 4.69. The summed E-state index contributed by atoms with van der Waals surface area (Å²) in [6.07, 6.45) is 4.20. The average Bonchev–Trinajstić information content (AvgIpc) is 2.76. The molecule has 0 amide bonds. The van der Waals surface area contributed by atoms with Gasteiger partial charge in [0, 0.05) is 5.56 Å². The second kappa shape index (κ2) is 6.77. The van der Waals surface area contributed by atoms with Crippen LogP contribution >= 0.6 is 0 Å². The van der Waals surface area contributed by atoms with Crippen LogP contribution in [-0.2, 0) is 17.9 Å². The van der Waals surface area contributed by atoms with Crippen molar-refractivity contribution in [2.24, 2.45) is 23.5 Å². The van der Waals surface area contributed by atoms with E-state index in [1.54, 1.807) is 0 Å².